The zero-order valence-corrected chi connectivity index (χ0v) is 17.2. The molecule has 2 aromatic rings. The molecule has 0 N–H and O–H groups in total. The highest BCUT2D eigenvalue weighted by Crippen LogP contribution is 2.48. The van der Waals surface area contributed by atoms with Gasteiger partial charge in [0.05, 0.1) is 10.8 Å². The minimum atomic E-state index is -0.601. The highest BCUT2D eigenvalue weighted by atomic mass is 35.5. The van der Waals surface area contributed by atoms with Gasteiger partial charge in [-0.1, -0.05) is 11.6 Å². The lowest BCUT2D eigenvalue weighted by Crippen LogP contribution is -2.30. The van der Waals surface area contributed by atoms with Crippen LogP contribution in [0.4, 0.5) is 5.69 Å². The average molecular weight is 440 g/mol. The standard InChI is InChI=1S/C23H18ClNO6/c24-13-8-7-12(11-14(13)25(28)29)17-9-10-20(30-17)23-21-15(26)3-1-5-18(21)31-19-6-2-4-16(27)22(19)23/h7-11,23H,1-6H2. The van der Waals surface area contributed by atoms with Crippen molar-refractivity contribution >= 4 is 28.9 Å². The number of nitro groups is 1. The molecule has 0 saturated carbocycles. The smallest absolute Gasteiger partial charge is 0.288 e. The summed E-state index contributed by atoms with van der Waals surface area (Å²) in [6, 6.07) is 7.85. The van der Waals surface area contributed by atoms with Crippen molar-refractivity contribution in [1.29, 1.82) is 0 Å². The molecule has 2 aliphatic carbocycles. The van der Waals surface area contributed by atoms with Gasteiger partial charge in [0, 0.05) is 48.5 Å². The highest BCUT2D eigenvalue weighted by Gasteiger charge is 2.43. The van der Waals surface area contributed by atoms with Gasteiger partial charge in [0.25, 0.3) is 5.69 Å². The van der Waals surface area contributed by atoms with Crippen molar-refractivity contribution in [2.24, 2.45) is 0 Å². The second-order valence-corrected chi connectivity index (χ2v) is 8.29. The van der Waals surface area contributed by atoms with Crippen LogP contribution < -0.4 is 0 Å². The number of nitro benzene ring substituents is 1. The molecule has 1 aromatic carbocycles. The summed E-state index contributed by atoms with van der Waals surface area (Å²) in [7, 11) is 0. The van der Waals surface area contributed by atoms with Gasteiger partial charge >= 0.3 is 0 Å². The Kier molecular flexibility index (Phi) is 4.78. The van der Waals surface area contributed by atoms with Crippen LogP contribution in [-0.4, -0.2) is 16.5 Å². The van der Waals surface area contributed by atoms with Crippen LogP contribution in [0.2, 0.25) is 5.02 Å². The molecule has 5 rings (SSSR count). The maximum atomic E-state index is 12.8. The molecular weight excluding hydrogens is 422 g/mol. The number of hydrogen-bond acceptors (Lipinski definition) is 6. The second-order valence-electron chi connectivity index (χ2n) is 7.89. The Morgan fingerprint density at radius 2 is 1.58 bits per heavy atom. The summed E-state index contributed by atoms with van der Waals surface area (Å²) in [5.74, 6) is 1.46. The molecule has 1 aromatic heterocycles. The van der Waals surface area contributed by atoms with Gasteiger partial charge in [-0.3, -0.25) is 19.7 Å². The predicted molar refractivity (Wildman–Crippen MR) is 111 cm³/mol. The number of nitrogens with zero attached hydrogens (tertiary/aromatic N) is 1. The van der Waals surface area contributed by atoms with Crippen molar-refractivity contribution in [2.45, 2.75) is 44.4 Å². The number of ketones is 2. The lowest BCUT2D eigenvalue weighted by molar-refractivity contribution is -0.384. The SMILES string of the molecule is O=C1CCCC2=C1C(c1ccc(-c3ccc(Cl)c([N+](=O)[O-])c3)o1)C1=C(CCCC1=O)O2. The van der Waals surface area contributed by atoms with E-state index in [0.29, 0.717) is 65.4 Å². The Morgan fingerprint density at radius 1 is 0.935 bits per heavy atom. The number of rotatable bonds is 3. The Labute approximate surface area is 182 Å². The maximum absolute atomic E-state index is 12.8. The Bertz CT molecular complexity index is 1160. The minimum Gasteiger partial charge on any atom is -0.465 e. The topological polar surface area (TPSA) is 99.6 Å². The Balaban J connectivity index is 1.61. The van der Waals surface area contributed by atoms with E-state index in [-0.39, 0.29) is 22.3 Å². The fraction of sp³-hybridized carbons (Fsp3) is 0.304. The van der Waals surface area contributed by atoms with E-state index in [1.165, 1.54) is 12.1 Å². The molecule has 2 heterocycles. The Morgan fingerprint density at radius 3 is 2.19 bits per heavy atom. The van der Waals surface area contributed by atoms with E-state index in [4.69, 9.17) is 20.8 Å². The van der Waals surface area contributed by atoms with Gasteiger partial charge < -0.3 is 9.15 Å². The molecule has 31 heavy (non-hydrogen) atoms. The third-order valence-corrected chi connectivity index (χ3v) is 6.30. The lowest BCUT2D eigenvalue weighted by atomic mass is 9.75. The second kappa shape index (κ2) is 7.50. The first kappa shape index (κ1) is 19.8. The van der Waals surface area contributed by atoms with Crippen LogP contribution in [0, 0.1) is 10.1 Å². The first-order chi connectivity index (χ1) is 14.9. The molecule has 0 atom stereocenters. The molecule has 8 heteroatoms. The van der Waals surface area contributed by atoms with Crippen molar-refractivity contribution in [3.63, 3.8) is 0 Å². The molecule has 0 saturated heterocycles. The number of furan rings is 1. The largest absolute Gasteiger partial charge is 0.465 e. The van der Waals surface area contributed by atoms with Crippen molar-refractivity contribution in [2.75, 3.05) is 0 Å². The molecule has 0 bridgehead atoms. The van der Waals surface area contributed by atoms with E-state index in [9.17, 15) is 19.7 Å². The van der Waals surface area contributed by atoms with Crippen LogP contribution in [0.1, 0.15) is 50.2 Å². The van der Waals surface area contributed by atoms with Gasteiger partial charge in [-0.05, 0) is 37.1 Å². The van der Waals surface area contributed by atoms with E-state index < -0.39 is 10.8 Å². The minimum absolute atomic E-state index is 0.0312. The van der Waals surface area contributed by atoms with Crippen molar-refractivity contribution < 1.29 is 23.7 Å². The summed E-state index contributed by atoms with van der Waals surface area (Å²) in [6.07, 6.45) is 3.56. The molecule has 0 amide bonds. The summed E-state index contributed by atoms with van der Waals surface area (Å²) in [5, 5.41) is 11.3. The molecule has 0 spiro atoms. The van der Waals surface area contributed by atoms with Crippen LogP contribution in [0.3, 0.4) is 0 Å². The summed E-state index contributed by atoms with van der Waals surface area (Å²) < 4.78 is 12.1. The lowest BCUT2D eigenvalue weighted by Gasteiger charge is -2.34. The molecule has 158 valence electrons. The predicted octanol–water partition coefficient (Wildman–Crippen LogP) is 5.64. The van der Waals surface area contributed by atoms with E-state index in [2.05, 4.69) is 0 Å². The fourth-order valence-corrected chi connectivity index (χ4v) is 4.76. The average Bonchev–Trinajstić information content (AvgIpc) is 3.23. The Hall–Kier alpha value is -3.19. The molecule has 0 fully saturated rings. The monoisotopic (exact) mass is 439 g/mol. The van der Waals surface area contributed by atoms with E-state index in [1.807, 2.05) is 0 Å². The third-order valence-electron chi connectivity index (χ3n) is 5.98. The zero-order chi connectivity index (χ0) is 21.7. The first-order valence-electron chi connectivity index (χ1n) is 10.2. The number of ether oxygens (including phenoxy) is 1. The van der Waals surface area contributed by atoms with Crippen LogP contribution in [0.5, 0.6) is 0 Å². The van der Waals surface area contributed by atoms with Gasteiger partial charge in [-0.25, -0.2) is 0 Å². The van der Waals surface area contributed by atoms with E-state index >= 15 is 0 Å². The van der Waals surface area contributed by atoms with Gasteiger partial charge in [0.1, 0.15) is 28.1 Å². The number of carbonyl (C=O) groups is 2. The highest BCUT2D eigenvalue weighted by molar-refractivity contribution is 6.32. The van der Waals surface area contributed by atoms with Gasteiger partial charge in [0.15, 0.2) is 11.6 Å². The van der Waals surface area contributed by atoms with Gasteiger partial charge in [-0.2, -0.15) is 0 Å². The van der Waals surface area contributed by atoms with Crippen molar-refractivity contribution in [1.82, 2.24) is 0 Å². The third kappa shape index (κ3) is 3.29. The van der Waals surface area contributed by atoms with Crippen LogP contribution in [0.15, 0.2) is 57.4 Å². The number of Topliss-reactive ketones (excluding diaryl/α,β-unsaturated/α-hetero) is 2. The summed E-state index contributed by atoms with van der Waals surface area (Å²) in [5.41, 5.74) is 1.28. The van der Waals surface area contributed by atoms with Crippen LogP contribution in [-0.2, 0) is 14.3 Å². The number of carbonyl (C=O) groups excluding carboxylic acids is 2. The summed E-state index contributed by atoms with van der Waals surface area (Å²) >= 11 is 5.92. The van der Waals surface area contributed by atoms with Gasteiger partial charge in [-0.15, -0.1) is 0 Å². The molecule has 1 aliphatic heterocycles. The number of benzene rings is 1. The van der Waals surface area contributed by atoms with E-state index in [1.54, 1.807) is 18.2 Å². The van der Waals surface area contributed by atoms with Crippen molar-refractivity contribution in [3.8, 4) is 11.3 Å². The maximum Gasteiger partial charge on any atom is 0.288 e. The number of hydrogen-bond donors (Lipinski definition) is 0. The van der Waals surface area contributed by atoms with E-state index in [0.717, 1.165) is 12.8 Å². The summed E-state index contributed by atoms with van der Waals surface area (Å²) in [6.45, 7) is 0. The molecular formula is C23H18ClNO6. The summed E-state index contributed by atoms with van der Waals surface area (Å²) in [4.78, 5) is 36.3. The fourth-order valence-electron chi connectivity index (χ4n) is 4.57. The number of halogens is 1. The van der Waals surface area contributed by atoms with Crippen molar-refractivity contribution in [3.05, 3.63) is 73.9 Å². The molecule has 0 unspecified atom stereocenters. The zero-order valence-electron chi connectivity index (χ0n) is 16.5. The molecule has 3 aliphatic rings. The molecule has 7 nitrogen and oxygen atoms in total. The van der Waals surface area contributed by atoms with Crippen LogP contribution in [0.25, 0.3) is 11.3 Å². The number of allylic oxidation sites excluding steroid dienone is 4. The first-order valence-corrected chi connectivity index (χ1v) is 10.6. The van der Waals surface area contributed by atoms with Crippen LogP contribution >= 0.6 is 11.6 Å². The molecule has 0 radical (unpaired) electrons. The quantitative estimate of drug-likeness (QED) is 0.453. The van der Waals surface area contributed by atoms with Gasteiger partial charge in [0.2, 0.25) is 0 Å². The normalized spacial score (nSPS) is 19.3.